The number of carbonyl (C=O) groups is 1. The molecular formula is C20H16N6O2. The van der Waals surface area contributed by atoms with Gasteiger partial charge in [0.05, 0.1) is 24.7 Å². The molecule has 28 heavy (non-hydrogen) atoms. The molecule has 4 heterocycles. The first kappa shape index (κ1) is 17.4. The van der Waals surface area contributed by atoms with Crippen molar-refractivity contribution in [2.45, 2.75) is 13.8 Å². The molecule has 0 amide bonds. The zero-order valence-electron chi connectivity index (χ0n) is 15.3. The third kappa shape index (κ3) is 2.89. The van der Waals surface area contributed by atoms with E-state index in [9.17, 15) is 4.79 Å². The lowest BCUT2D eigenvalue weighted by molar-refractivity contribution is 0.0520. The molecule has 0 saturated carbocycles. The molecule has 0 fully saturated rings. The van der Waals surface area contributed by atoms with E-state index in [-0.39, 0.29) is 12.3 Å². The van der Waals surface area contributed by atoms with Gasteiger partial charge in [0.15, 0.2) is 5.69 Å². The summed E-state index contributed by atoms with van der Waals surface area (Å²) in [5.41, 5.74) is 4.17. The van der Waals surface area contributed by atoms with Crippen molar-refractivity contribution in [2.24, 2.45) is 0 Å². The Morgan fingerprint density at radius 1 is 1.32 bits per heavy atom. The zero-order valence-corrected chi connectivity index (χ0v) is 15.3. The summed E-state index contributed by atoms with van der Waals surface area (Å²) in [5, 5.41) is 7.14. The van der Waals surface area contributed by atoms with Gasteiger partial charge < -0.3 is 9.58 Å². The van der Waals surface area contributed by atoms with Gasteiger partial charge in [-0.3, -0.25) is 10.1 Å². The average molecular weight is 372 g/mol. The number of hydrogen-bond acceptors (Lipinski definition) is 5. The standard InChI is InChI=1S/C20H16N6O2/c1-4-28-20(27)19-17(18(24-25-19)14-7-5-6-12(2)23-14)13-8-9-15-22-10-16(21-3)26(15)11-13/h5-11H,4H2,1-2H3,(H,24,25). The van der Waals surface area contributed by atoms with Gasteiger partial charge in [0.25, 0.3) is 5.82 Å². The number of pyridine rings is 2. The number of fused-ring (bicyclic) bond motifs is 1. The number of carbonyl (C=O) groups excluding carboxylic acids is 1. The number of aromatic nitrogens is 5. The van der Waals surface area contributed by atoms with Gasteiger partial charge in [0, 0.05) is 22.9 Å². The Hall–Kier alpha value is -3.99. The summed E-state index contributed by atoms with van der Waals surface area (Å²) < 4.78 is 6.86. The van der Waals surface area contributed by atoms with Crippen LogP contribution in [-0.4, -0.2) is 37.1 Å². The van der Waals surface area contributed by atoms with E-state index in [4.69, 9.17) is 11.3 Å². The largest absolute Gasteiger partial charge is 0.461 e. The van der Waals surface area contributed by atoms with Crippen molar-refractivity contribution in [3.8, 4) is 22.5 Å². The maximum absolute atomic E-state index is 12.5. The minimum Gasteiger partial charge on any atom is -0.461 e. The van der Waals surface area contributed by atoms with Crippen LogP contribution in [0.15, 0.2) is 42.7 Å². The van der Waals surface area contributed by atoms with Crippen LogP contribution in [0.2, 0.25) is 0 Å². The van der Waals surface area contributed by atoms with Crippen LogP contribution in [-0.2, 0) is 4.74 Å². The summed E-state index contributed by atoms with van der Waals surface area (Å²) in [6.45, 7) is 11.2. The summed E-state index contributed by atoms with van der Waals surface area (Å²) >= 11 is 0. The smallest absolute Gasteiger partial charge is 0.357 e. The maximum atomic E-state index is 12.5. The van der Waals surface area contributed by atoms with Gasteiger partial charge in [-0.05, 0) is 32.0 Å². The molecule has 4 aromatic heterocycles. The second-order valence-electron chi connectivity index (χ2n) is 6.08. The normalized spacial score (nSPS) is 10.8. The number of aryl methyl sites for hydroxylation is 1. The first-order valence-corrected chi connectivity index (χ1v) is 8.66. The lowest BCUT2D eigenvalue weighted by atomic mass is 10.0. The molecule has 0 aromatic carbocycles. The van der Waals surface area contributed by atoms with Crippen molar-refractivity contribution in [1.29, 1.82) is 0 Å². The highest BCUT2D eigenvalue weighted by molar-refractivity contribution is 5.99. The van der Waals surface area contributed by atoms with Crippen LogP contribution < -0.4 is 0 Å². The predicted molar refractivity (Wildman–Crippen MR) is 103 cm³/mol. The van der Waals surface area contributed by atoms with Gasteiger partial charge in [0.1, 0.15) is 5.69 Å². The molecular weight excluding hydrogens is 356 g/mol. The Bertz CT molecular complexity index is 1230. The van der Waals surface area contributed by atoms with E-state index < -0.39 is 5.97 Å². The van der Waals surface area contributed by atoms with Crippen molar-refractivity contribution in [3.63, 3.8) is 0 Å². The van der Waals surface area contributed by atoms with Crippen LogP contribution in [0, 0.1) is 13.5 Å². The summed E-state index contributed by atoms with van der Waals surface area (Å²) in [7, 11) is 0. The van der Waals surface area contributed by atoms with Gasteiger partial charge in [-0.15, -0.1) is 0 Å². The fourth-order valence-electron chi connectivity index (χ4n) is 3.03. The third-order valence-electron chi connectivity index (χ3n) is 4.27. The molecule has 0 bridgehead atoms. The lowest BCUT2D eigenvalue weighted by Gasteiger charge is -2.06. The first-order chi connectivity index (χ1) is 13.6. The number of imidazole rings is 1. The Kier molecular flexibility index (Phi) is 4.33. The molecule has 8 nitrogen and oxygen atoms in total. The van der Waals surface area contributed by atoms with Crippen LogP contribution in [0.3, 0.4) is 0 Å². The molecule has 0 atom stereocenters. The van der Waals surface area contributed by atoms with E-state index in [1.807, 2.05) is 31.2 Å². The van der Waals surface area contributed by atoms with Crippen molar-refractivity contribution >= 4 is 17.4 Å². The summed E-state index contributed by atoms with van der Waals surface area (Å²) in [6.07, 6.45) is 3.28. The third-order valence-corrected chi connectivity index (χ3v) is 4.27. The van der Waals surface area contributed by atoms with E-state index >= 15 is 0 Å². The molecule has 138 valence electrons. The second kappa shape index (κ2) is 6.96. The van der Waals surface area contributed by atoms with Gasteiger partial charge >= 0.3 is 5.97 Å². The Labute approximate surface area is 160 Å². The summed E-state index contributed by atoms with van der Waals surface area (Å²) in [4.78, 5) is 24.7. The highest BCUT2D eigenvalue weighted by Crippen LogP contribution is 2.33. The first-order valence-electron chi connectivity index (χ1n) is 8.66. The molecule has 0 spiro atoms. The number of hydrogen-bond donors (Lipinski definition) is 1. The molecule has 4 rings (SSSR count). The van der Waals surface area contributed by atoms with Gasteiger partial charge in [-0.25, -0.2) is 14.2 Å². The Morgan fingerprint density at radius 3 is 2.93 bits per heavy atom. The molecule has 1 N–H and O–H groups in total. The van der Waals surface area contributed by atoms with Crippen LogP contribution >= 0.6 is 0 Å². The molecule has 0 aliphatic carbocycles. The molecule has 0 aliphatic rings. The molecule has 8 heteroatoms. The number of ether oxygens (including phenoxy) is 1. The van der Waals surface area contributed by atoms with Gasteiger partial charge in [0.2, 0.25) is 5.65 Å². The number of nitrogens with one attached hydrogen (secondary N) is 1. The highest BCUT2D eigenvalue weighted by atomic mass is 16.5. The molecule has 0 aliphatic heterocycles. The number of H-pyrrole nitrogens is 1. The zero-order chi connectivity index (χ0) is 19.7. The fraction of sp³-hybridized carbons (Fsp3) is 0.150. The monoisotopic (exact) mass is 372 g/mol. The molecule has 0 saturated heterocycles. The SMILES string of the molecule is [C-]#[N+]c1cnc2ccc(-c3c(-c4cccc(C)n4)n[nH]c3C(=O)OCC)cn12. The minimum absolute atomic E-state index is 0.240. The average Bonchev–Trinajstić information content (AvgIpc) is 3.31. The van der Waals surface area contributed by atoms with Crippen molar-refractivity contribution < 1.29 is 9.53 Å². The van der Waals surface area contributed by atoms with Gasteiger partial charge in [-0.1, -0.05) is 12.6 Å². The second-order valence-corrected chi connectivity index (χ2v) is 6.08. The molecule has 0 unspecified atom stereocenters. The number of nitrogens with zero attached hydrogens (tertiary/aromatic N) is 5. The minimum atomic E-state index is -0.500. The highest BCUT2D eigenvalue weighted by Gasteiger charge is 2.24. The van der Waals surface area contributed by atoms with E-state index in [0.717, 1.165) is 5.69 Å². The predicted octanol–water partition coefficient (Wildman–Crippen LogP) is 3.82. The van der Waals surface area contributed by atoms with Crippen molar-refractivity contribution in [3.05, 3.63) is 65.5 Å². The summed E-state index contributed by atoms with van der Waals surface area (Å²) in [6, 6.07) is 9.24. The van der Waals surface area contributed by atoms with E-state index in [1.54, 1.807) is 23.6 Å². The lowest BCUT2D eigenvalue weighted by Crippen LogP contribution is -2.07. The van der Waals surface area contributed by atoms with Crippen LogP contribution in [0.1, 0.15) is 23.1 Å². The van der Waals surface area contributed by atoms with Crippen LogP contribution in [0.25, 0.3) is 33.0 Å². The van der Waals surface area contributed by atoms with Crippen molar-refractivity contribution in [1.82, 2.24) is 24.6 Å². The summed E-state index contributed by atoms with van der Waals surface area (Å²) in [5.74, 6) is -0.117. The Morgan fingerprint density at radius 2 is 2.18 bits per heavy atom. The van der Waals surface area contributed by atoms with E-state index in [0.29, 0.717) is 34.0 Å². The number of aromatic amines is 1. The van der Waals surface area contributed by atoms with Gasteiger partial charge in [-0.2, -0.15) is 5.10 Å². The van der Waals surface area contributed by atoms with Crippen LogP contribution in [0.5, 0.6) is 0 Å². The fourth-order valence-corrected chi connectivity index (χ4v) is 3.03. The topological polar surface area (TPSA) is 89.5 Å². The van der Waals surface area contributed by atoms with E-state index in [1.165, 1.54) is 6.20 Å². The van der Waals surface area contributed by atoms with Crippen LogP contribution in [0.4, 0.5) is 5.82 Å². The molecule has 4 aromatic rings. The number of esters is 1. The quantitative estimate of drug-likeness (QED) is 0.434. The molecule has 0 radical (unpaired) electrons. The maximum Gasteiger partial charge on any atom is 0.357 e. The van der Waals surface area contributed by atoms with Crippen molar-refractivity contribution in [2.75, 3.05) is 6.61 Å². The Balaban J connectivity index is 1.97. The van der Waals surface area contributed by atoms with E-state index in [2.05, 4.69) is 25.0 Å². The number of rotatable bonds is 4.